The Labute approximate surface area is 89.1 Å². The normalized spacial score (nSPS) is 13.5. The number of hydrogen-bond acceptors (Lipinski definition) is 0. The van der Waals surface area contributed by atoms with Crippen LogP contribution in [-0.2, 0) is 0 Å². The van der Waals surface area contributed by atoms with E-state index >= 15 is 0 Å². The molecule has 0 heterocycles. The van der Waals surface area contributed by atoms with E-state index < -0.39 is 0 Å². The summed E-state index contributed by atoms with van der Waals surface area (Å²) < 4.78 is 0. The lowest BCUT2D eigenvalue weighted by Crippen LogP contribution is -1.93. The molecule has 0 radical (unpaired) electrons. The molecule has 0 N–H and O–H groups in total. The maximum absolute atomic E-state index is 5.51. The predicted molar refractivity (Wildman–Crippen MR) is 65.1 cm³/mol. The van der Waals surface area contributed by atoms with Gasteiger partial charge in [0.25, 0.3) is 0 Å². The highest BCUT2D eigenvalue weighted by atomic mass is 14.1. The Morgan fingerprint density at radius 2 is 1.71 bits per heavy atom. The Morgan fingerprint density at radius 1 is 1.07 bits per heavy atom. The van der Waals surface area contributed by atoms with E-state index in [1.807, 2.05) is 0 Å². The van der Waals surface area contributed by atoms with Crippen LogP contribution in [0.4, 0.5) is 0 Å². The van der Waals surface area contributed by atoms with Gasteiger partial charge in [-0.05, 0) is 36.8 Å². The van der Waals surface area contributed by atoms with Crippen LogP contribution >= 0.6 is 0 Å². The summed E-state index contributed by atoms with van der Waals surface area (Å²) in [5.74, 6) is 2.81. The van der Waals surface area contributed by atoms with Gasteiger partial charge in [0, 0.05) is 5.57 Å². The molecule has 0 aromatic heterocycles. The van der Waals surface area contributed by atoms with Crippen LogP contribution in [0.2, 0.25) is 0 Å². The second kappa shape index (κ2) is 7.44. The van der Waals surface area contributed by atoms with Gasteiger partial charge in [-0.3, -0.25) is 0 Å². The van der Waals surface area contributed by atoms with E-state index in [1.54, 1.807) is 0 Å². The molecule has 0 saturated carbocycles. The molecule has 0 spiro atoms. The van der Waals surface area contributed by atoms with E-state index in [0.717, 1.165) is 25.7 Å². The van der Waals surface area contributed by atoms with Gasteiger partial charge in [0.05, 0.1) is 0 Å². The molecule has 0 aliphatic rings. The summed E-state index contributed by atoms with van der Waals surface area (Å²) >= 11 is 0. The van der Waals surface area contributed by atoms with Gasteiger partial charge in [-0.15, -0.1) is 6.42 Å². The molecule has 0 bridgehead atoms. The average Bonchev–Trinajstić information content (AvgIpc) is 2.23. The van der Waals surface area contributed by atoms with Gasteiger partial charge in [0.15, 0.2) is 0 Å². The molecule has 0 aliphatic heterocycles. The van der Waals surface area contributed by atoms with E-state index in [-0.39, 0.29) is 0 Å². The number of hydrogen-bond donors (Lipinski definition) is 0. The van der Waals surface area contributed by atoms with Gasteiger partial charge in [-0.25, -0.2) is 0 Å². The lowest BCUT2D eigenvalue weighted by atomic mass is 9.94. The monoisotopic (exact) mass is 190 g/mol. The van der Waals surface area contributed by atoms with Gasteiger partial charge < -0.3 is 0 Å². The summed E-state index contributed by atoms with van der Waals surface area (Å²) in [5.41, 5.74) is 4.00. The van der Waals surface area contributed by atoms with Gasteiger partial charge in [-0.1, -0.05) is 39.7 Å². The summed E-state index contributed by atoms with van der Waals surface area (Å²) in [6.07, 6.45) is 12.0. The predicted octanol–water partition coefficient (Wildman–Crippen LogP) is 4.48. The fourth-order valence-corrected chi connectivity index (χ4v) is 1.76. The van der Waals surface area contributed by atoms with Crippen molar-refractivity contribution in [2.45, 2.75) is 53.4 Å². The van der Waals surface area contributed by atoms with E-state index in [9.17, 15) is 0 Å². The largest absolute Gasteiger partial charge is 0.115 e. The van der Waals surface area contributed by atoms with Crippen molar-refractivity contribution in [2.24, 2.45) is 0 Å². The SMILES string of the molecule is C#C/C(CC)=C(CC)\C(=C\CC)CC. The summed E-state index contributed by atoms with van der Waals surface area (Å²) in [6, 6.07) is 0. The minimum Gasteiger partial charge on any atom is -0.115 e. The third-order valence-electron chi connectivity index (χ3n) is 2.46. The first-order valence-corrected chi connectivity index (χ1v) is 5.62. The van der Waals surface area contributed by atoms with Gasteiger partial charge in [0.1, 0.15) is 0 Å². The molecule has 14 heavy (non-hydrogen) atoms. The lowest BCUT2D eigenvalue weighted by molar-refractivity contribution is 0.968. The van der Waals surface area contributed by atoms with E-state index in [4.69, 9.17) is 6.42 Å². The molecule has 0 rings (SSSR count). The molecule has 0 aliphatic carbocycles. The summed E-state index contributed by atoms with van der Waals surface area (Å²) in [4.78, 5) is 0. The van der Waals surface area contributed by atoms with Crippen LogP contribution in [0.5, 0.6) is 0 Å². The molecule has 0 aromatic rings. The maximum Gasteiger partial charge on any atom is 0.00493 e. The van der Waals surface area contributed by atoms with Crippen LogP contribution in [0.25, 0.3) is 0 Å². The first-order chi connectivity index (χ1) is 6.74. The second-order valence-electron chi connectivity index (χ2n) is 3.30. The van der Waals surface area contributed by atoms with Gasteiger partial charge in [-0.2, -0.15) is 0 Å². The maximum atomic E-state index is 5.51. The topological polar surface area (TPSA) is 0 Å². The van der Waals surface area contributed by atoms with Crippen molar-refractivity contribution in [2.75, 3.05) is 0 Å². The van der Waals surface area contributed by atoms with Crippen LogP contribution in [0.15, 0.2) is 22.8 Å². The van der Waals surface area contributed by atoms with Crippen LogP contribution in [-0.4, -0.2) is 0 Å². The smallest absolute Gasteiger partial charge is 0.00493 e. The summed E-state index contributed by atoms with van der Waals surface area (Å²) in [5, 5.41) is 0. The summed E-state index contributed by atoms with van der Waals surface area (Å²) in [7, 11) is 0. The highest BCUT2D eigenvalue weighted by Gasteiger charge is 2.05. The standard InChI is InChI=1S/C14H22/c1-6-11-13(9-4)14(10-5)12(7-2)8-3/h2,11H,6,8-10H2,1,3-5H3/b13-11+,14-12+. The molecule has 0 nitrogen and oxygen atoms in total. The minimum atomic E-state index is 0.973. The average molecular weight is 190 g/mol. The number of rotatable bonds is 5. The zero-order chi connectivity index (χ0) is 11.0. The first kappa shape index (κ1) is 13.0. The molecular weight excluding hydrogens is 168 g/mol. The molecule has 0 saturated heterocycles. The molecule has 0 aromatic carbocycles. The Kier molecular flexibility index (Phi) is 6.93. The van der Waals surface area contributed by atoms with E-state index in [1.165, 1.54) is 16.7 Å². The third-order valence-corrected chi connectivity index (χ3v) is 2.46. The van der Waals surface area contributed by atoms with Crippen LogP contribution in [0.1, 0.15) is 53.4 Å². The Morgan fingerprint density at radius 3 is 2.00 bits per heavy atom. The summed E-state index contributed by atoms with van der Waals surface area (Å²) in [6.45, 7) is 8.68. The quantitative estimate of drug-likeness (QED) is 0.443. The second-order valence-corrected chi connectivity index (χ2v) is 3.30. The molecule has 0 atom stereocenters. The molecule has 0 heteroatoms. The fourth-order valence-electron chi connectivity index (χ4n) is 1.76. The number of allylic oxidation sites excluding steroid dienone is 4. The van der Waals surface area contributed by atoms with Crippen molar-refractivity contribution < 1.29 is 0 Å². The number of terminal acetylenes is 1. The zero-order valence-corrected chi connectivity index (χ0v) is 9.98. The Bertz CT molecular complexity index is 258. The Balaban J connectivity index is 5.14. The lowest BCUT2D eigenvalue weighted by Gasteiger charge is -2.11. The highest BCUT2D eigenvalue weighted by molar-refractivity contribution is 5.42. The van der Waals surface area contributed by atoms with Gasteiger partial charge >= 0.3 is 0 Å². The zero-order valence-electron chi connectivity index (χ0n) is 9.98. The molecule has 0 amide bonds. The van der Waals surface area contributed by atoms with E-state index in [2.05, 4.69) is 39.7 Å². The fraction of sp³-hybridized carbons (Fsp3) is 0.571. The Hall–Kier alpha value is -0.960. The van der Waals surface area contributed by atoms with Crippen molar-refractivity contribution in [1.29, 1.82) is 0 Å². The highest BCUT2D eigenvalue weighted by Crippen LogP contribution is 2.23. The molecule has 0 fully saturated rings. The molecule has 0 unspecified atom stereocenters. The van der Waals surface area contributed by atoms with Crippen molar-refractivity contribution in [1.82, 2.24) is 0 Å². The van der Waals surface area contributed by atoms with Crippen molar-refractivity contribution >= 4 is 0 Å². The van der Waals surface area contributed by atoms with Crippen LogP contribution < -0.4 is 0 Å². The van der Waals surface area contributed by atoms with E-state index in [0.29, 0.717) is 0 Å². The third kappa shape index (κ3) is 3.42. The first-order valence-electron chi connectivity index (χ1n) is 5.62. The molecular formula is C14H22. The van der Waals surface area contributed by atoms with Crippen molar-refractivity contribution in [3.8, 4) is 12.3 Å². The van der Waals surface area contributed by atoms with Gasteiger partial charge in [0.2, 0.25) is 0 Å². The van der Waals surface area contributed by atoms with Crippen LogP contribution in [0.3, 0.4) is 0 Å². The van der Waals surface area contributed by atoms with Crippen molar-refractivity contribution in [3.63, 3.8) is 0 Å². The van der Waals surface area contributed by atoms with Crippen LogP contribution in [0, 0.1) is 12.3 Å². The minimum absolute atomic E-state index is 0.973. The molecule has 78 valence electrons. The van der Waals surface area contributed by atoms with Crippen molar-refractivity contribution in [3.05, 3.63) is 22.8 Å².